The van der Waals surface area contributed by atoms with E-state index in [-0.39, 0.29) is 12.2 Å². The Bertz CT molecular complexity index is 110. The summed E-state index contributed by atoms with van der Waals surface area (Å²) in [6.45, 7) is 1.36. The van der Waals surface area contributed by atoms with Crippen LogP contribution < -0.4 is 0 Å². The van der Waals surface area contributed by atoms with Crippen molar-refractivity contribution in [3.05, 3.63) is 0 Å². The quantitative estimate of drug-likeness (QED) is 0.358. The number of Topliss-reactive ketones (excluding diaryl/α,β-unsaturated/α-hetero) is 1. The predicted molar refractivity (Wildman–Crippen MR) is 29.9 cm³/mol. The van der Waals surface area contributed by atoms with Crippen LogP contribution in [0.5, 0.6) is 0 Å². The smallest absolute Gasteiger partial charge is 0.499 e. The maximum atomic E-state index is 10.2. The molecule has 0 aliphatic heterocycles. The Hall–Kier alpha value is -0.328. The molecule has 0 saturated carbocycles. The van der Waals surface area contributed by atoms with Crippen LogP contribution in [0.1, 0.15) is 13.3 Å². The molecule has 3 nitrogen and oxygen atoms in total. The standard InChI is InChI=1S/C4H6O3.Al.2H/c1-3(5)2-4(6)7;;;/h2H2,1H3,(H,6,7);;;/q;+1;;/p-1. The lowest BCUT2D eigenvalue weighted by Crippen LogP contribution is -2.05. The minimum Gasteiger partial charge on any atom is -0.621 e. The summed E-state index contributed by atoms with van der Waals surface area (Å²) in [5, 5.41) is 0. The van der Waals surface area contributed by atoms with Crippen LogP contribution >= 0.6 is 0 Å². The summed E-state index contributed by atoms with van der Waals surface area (Å²) in [4.78, 5) is 20.3. The highest BCUT2D eigenvalue weighted by Gasteiger charge is 2.00. The SMILES string of the molecule is CC(=O)CC(=O)[O][AlH2]. The summed E-state index contributed by atoms with van der Waals surface area (Å²) in [6.07, 6.45) is -0.0799. The molecular weight excluding hydrogens is 123 g/mol. The Morgan fingerprint density at radius 3 is 2.25 bits per heavy atom. The molecule has 0 radical (unpaired) electrons. The van der Waals surface area contributed by atoms with Crippen LogP contribution in [0.4, 0.5) is 0 Å². The van der Waals surface area contributed by atoms with Crippen LogP contribution in [-0.2, 0) is 13.4 Å². The fraction of sp³-hybridized carbons (Fsp3) is 0.500. The third-order valence-corrected chi connectivity index (χ3v) is 1.08. The number of rotatable bonds is 2. The molecular formula is C4H7AlO3. The maximum absolute atomic E-state index is 10.2. The van der Waals surface area contributed by atoms with Crippen LogP contribution in [0.3, 0.4) is 0 Å². The number of ketones is 1. The molecule has 0 fully saturated rings. The monoisotopic (exact) mass is 130 g/mol. The van der Waals surface area contributed by atoms with Crippen LogP contribution in [0.15, 0.2) is 0 Å². The topological polar surface area (TPSA) is 43.4 Å². The summed E-state index contributed by atoms with van der Waals surface area (Å²) < 4.78 is 4.34. The van der Waals surface area contributed by atoms with Crippen molar-refractivity contribution in [1.29, 1.82) is 0 Å². The lowest BCUT2D eigenvalue weighted by Gasteiger charge is -1.93. The van der Waals surface area contributed by atoms with Gasteiger partial charge < -0.3 is 3.79 Å². The van der Waals surface area contributed by atoms with Crippen molar-refractivity contribution in [2.75, 3.05) is 0 Å². The number of carbonyl (C=O) groups excluding carboxylic acids is 2. The van der Waals surface area contributed by atoms with Gasteiger partial charge in [0.2, 0.25) is 0 Å². The summed E-state index contributed by atoms with van der Waals surface area (Å²) >= 11 is 0.377. The molecule has 0 unspecified atom stereocenters. The minimum absolute atomic E-state index is 0.0799. The van der Waals surface area contributed by atoms with Gasteiger partial charge in [0.1, 0.15) is 12.2 Å². The van der Waals surface area contributed by atoms with Crippen molar-refractivity contribution in [2.24, 2.45) is 0 Å². The van der Waals surface area contributed by atoms with E-state index in [1.165, 1.54) is 6.92 Å². The molecule has 0 spiro atoms. The largest absolute Gasteiger partial charge is 0.621 e. The lowest BCUT2D eigenvalue weighted by atomic mass is 10.3. The van der Waals surface area contributed by atoms with E-state index in [9.17, 15) is 9.59 Å². The van der Waals surface area contributed by atoms with E-state index in [1.54, 1.807) is 0 Å². The molecule has 0 aliphatic rings. The average molecular weight is 130 g/mol. The number of hydrogen-bond acceptors (Lipinski definition) is 3. The zero-order valence-corrected chi connectivity index (χ0v) is 6.93. The third-order valence-electron chi connectivity index (χ3n) is 0.621. The number of carbonyl (C=O) groups is 2. The fourth-order valence-electron chi connectivity index (χ4n) is 0.275. The van der Waals surface area contributed by atoms with E-state index in [2.05, 4.69) is 3.79 Å². The molecule has 0 aromatic heterocycles. The van der Waals surface area contributed by atoms with Gasteiger partial charge in [-0.25, -0.2) is 0 Å². The maximum Gasteiger partial charge on any atom is 0.499 e. The Kier molecular flexibility index (Phi) is 3.50. The van der Waals surface area contributed by atoms with Gasteiger partial charge in [0.25, 0.3) is 5.97 Å². The molecule has 0 aliphatic carbocycles. The van der Waals surface area contributed by atoms with E-state index in [0.717, 1.165) is 0 Å². The molecule has 44 valence electrons. The van der Waals surface area contributed by atoms with Gasteiger partial charge in [-0.05, 0) is 6.92 Å². The summed E-state index contributed by atoms with van der Waals surface area (Å²) in [6, 6.07) is 0. The zero-order chi connectivity index (χ0) is 6.57. The minimum atomic E-state index is -0.413. The van der Waals surface area contributed by atoms with Gasteiger partial charge in [0.05, 0.1) is 0 Å². The second-order valence-electron chi connectivity index (χ2n) is 1.45. The molecule has 0 bridgehead atoms. The van der Waals surface area contributed by atoms with Crippen molar-refractivity contribution in [1.82, 2.24) is 0 Å². The van der Waals surface area contributed by atoms with Gasteiger partial charge >= 0.3 is 16.6 Å². The van der Waals surface area contributed by atoms with Crippen molar-refractivity contribution in [3.63, 3.8) is 0 Å². The number of hydrogen-bond donors (Lipinski definition) is 0. The average Bonchev–Trinajstić information content (AvgIpc) is 1.65. The zero-order valence-electron chi connectivity index (χ0n) is 4.93. The highest BCUT2D eigenvalue weighted by molar-refractivity contribution is 6.08. The van der Waals surface area contributed by atoms with Crippen molar-refractivity contribution in [2.45, 2.75) is 13.3 Å². The van der Waals surface area contributed by atoms with Gasteiger partial charge in [-0.2, -0.15) is 0 Å². The Balaban J connectivity index is 3.40. The highest BCUT2D eigenvalue weighted by Crippen LogP contribution is 1.82. The highest BCUT2D eigenvalue weighted by atomic mass is 27.1. The molecule has 0 heterocycles. The molecule has 0 aromatic carbocycles. The van der Waals surface area contributed by atoms with E-state index in [1.807, 2.05) is 0 Å². The first-order valence-electron chi connectivity index (χ1n) is 2.23. The van der Waals surface area contributed by atoms with E-state index >= 15 is 0 Å². The van der Waals surface area contributed by atoms with Gasteiger partial charge in [-0.3, -0.25) is 9.59 Å². The molecule has 0 atom stereocenters. The predicted octanol–water partition coefficient (Wildman–Crippen LogP) is -0.943. The van der Waals surface area contributed by atoms with Crippen LogP contribution in [0.2, 0.25) is 0 Å². The summed E-state index contributed by atoms with van der Waals surface area (Å²) in [5.74, 6) is -0.560. The van der Waals surface area contributed by atoms with Crippen LogP contribution in [0.25, 0.3) is 0 Å². The Labute approximate surface area is 55.8 Å². The molecule has 0 N–H and O–H groups in total. The van der Waals surface area contributed by atoms with E-state index < -0.39 is 5.97 Å². The van der Waals surface area contributed by atoms with Gasteiger partial charge in [0.15, 0.2) is 0 Å². The van der Waals surface area contributed by atoms with Gasteiger partial charge in [-0.1, -0.05) is 0 Å². The second-order valence-corrected chi connectivity index (χ2v) is 1.86. The Morgan fingerprint density at radius 1 is 1.62 bits per heavy atom. The van der Waals surface area contributed by atoms with Crippen molar-refractivity contribution >= 4 is 28.4 Å². The molecule has 0 saturated heterocycles. The third kappa shape index (κ3) is 3.85. The first-order valence-corrected chi connectivity index (χ1v) is 3.04. The summed E-state index contributed by atoms with van der Waals surface area (Å²) in [7, 11) is 0. The van der Waals surface area contributed by atoms with E-state index in [4.69, 9.17) is 0 Å². The van der Waals surface area contributed by atoms with Gasteiger partial charge in [0, 0.05) is 0 Å². The summed E-state index contributed by atoms with van der Waals surface area (Å²) in [5.41, 5.74) is 0. The Morgan fingerprint density at radius 2 is 2.12 bits per heavy atom. The van der Waals surface area contributed by atoms with Crippen LogP contribution in [0, 0.1) is 0 Å². The normalized spacial score (nSPS) is 8.12. The molecule has 8 heavy (non-hydrogen) atoms. The first-order chi connectivity index (χ1) is 3.66. The fourth-order valence-corrected chi connectivity index (χ4v) is 0.420. The van der Waals surface area contributed by atoms with Gasteiger partial charge in [-0.15, -0.1) is 0 Å². The molecule has 0 amide bonds. The first kappa shape index (κ1) is 7.67. The molecule has 0 rings (SSSR count). The lowest BCUT2D eigenvalue weighted by molar-refractivity contribution is -0.137. The van der Waals surface area contributed by atoms with Crippen LogP contribution in [-0.4, -0.2) is 28.4 Å². The van der Waals surface area contributed by atoms with Crippen molar-refractivity contribution < 1.29 is 13.4 Å². The molecule has 4 heteroatoms. The second kappa shape index (κ2) is 3.65. The van der Waals surface area contributed by atoms with Crippen molar-refractivity contribution in [3.8, 4) is 0 Å². The van der Waals surface area contributed by atoms with E-state index in [0.29, 0.717) is 16.6 Å². The molecule has 0 aromatic rings.